The van der Waals surface area contributed by atoms with Crippen molar-refractivity contribution < 1.29 is 9.59 Å². The van der Waals surface area contributed by atoms with Crippen molar-refractivity contribution in [1.29, 1.82) is 0 Å². The molecule has 5 nitrogen and oxygen atoms in total. The van der Waals surface area contributed by atoms with Crippen molar-refractivity contribution in [2.24, 2.45) is 11.8 Å². The Morgan fingerprint density at radius 3 is 2.36 bits per heavy atom. The zero-order valence-corrected chi connectivity index (χ0v) is 17.7. The third-order valence-electron chi connectivity index (χ3n) is 6.22. The molecule has 0 saturated carbocycles. The largest absolute Gasteiger partial charge is 0.369 e. The normalized spacial score (nSPS) is 19.2. The van der Waals surface area contributed by atoms with Gasteiger partial charge < -0.3 is 10.2 Å². The van der Waals surface area contributed by atoms with Crippen LogP contribution in [0.25, 0.3) is 0 Å². The molecule has 0 amide bonds. The second kappa shape index (κ2) is 9.66. The minimum Gasteiger partial charge on any atom is -0.369 e. The van der Waals surface area contributed by atoms with Gasteiger partial charge in [-0.05, 0) is 69.9 Å². The number of hydrogen-bond acceptors (Lipinski definition) is 5. The summed E-state index contributed by atoms with van der Waals surface area (Å²) in [5.41, 5.74) is 2.18. The van der Waals surface area contributed by atoms with Crippen LogP contribution in [0.1, 0.15) is 60.7 Å². The molecule has 0 unspecified atom stereocenters. The van der Waals surface area contributed by atoms with Crippen LogP contribution in [0.3, 0.4) is 0 Å². The van der Waals surface area contributed by atoms with Crippen LogP contribution in [0.5, 0.6) is 0 Å². The van der Waals surface area contributed by atoms with Gasteiger partial charge in [-0.15, -0.1) is 0 Å². The predicted octanol–water partition coefficient (Wildman–Crippen LogP) is 3.24. The lowest BCUT2D eigenvalue weighted by Crippen LogP contribution is -2.47. The highest BCUT2D eigenvalue weighted by Crippen LogP contribution is 2.24. The number of hydrogen-bond donors (Lipinski definition) is 1. The average Bonchev–Trinajstić information content (AvgIpc) is 2.72. The highest BCUT2D eigenvalue weighted by molar-refractivity contribution is 6.09. The molecule has 0 aromatic heterocycles. The second-order valence-corrected chi connectivity index (χ2v) is 8.62. The van der Waals surface area contributed by atoms with Gasteiger partial charge in [0.1, 0.15) is 0 Å². The van der Waals surface area contributed by atoms with E-state index >= 15 is 0 Å². The fourth-order valence-electron chi connectivity index (χ4n) is 4.32. The first-order valence-electron chi connectivity index (χ1n) is 10.8. The molecule has 5 heteroatoms. The Kier molecular flexibility index (Phi) is 7.24. The molecule has 0 aliphatic carbocycles. The molecule has 0 radical (unpaired) electrons. The molecule has 2 aliphatic rings. The van der Waals surface area contributed by atoms with Crippen molar-refractivity contribution in [2.45, 2.75) is 40.0 Å². The van der Waals surface area contributed by atoms with E-state index in [1.54, 1.807) is 0 Å². The van der Waals surface area contributed by atoms with E-state index in [2.05, 4.69) is 15.1 Å². The molecule has 2 saturated heterocycles. The zero-order valence-electron chi connectivity index (χ0n) is 17.7. The number of piperazine rings is 1. The maximum absolute atomic E-state index is 12.6. The average molecular weight is 386 g/mol. The Morgan fingerprint density at radius 1 is 1.07 bits per heavy atom. The van der Waals surface area contributed by atoms with Crippen molar-refractivity contribution in [3.63, 3.8) is 0 Å². The highest BCUT2D eigenvalue weighted by Gasteiger charge is 2.22. The van der Waals surface area contributed by atoms with Gasteiger partial charge in [-0.2, -0.15) is 0 Å². The van der Waals surface area contributed by atoms with Crippen LogP contribution < -0.4 is 10.2 Å². The summed E-state index contributed by atoms with van der Waals surface area (Å²) >= 11 is 0. The first-order valence-corrected chi connectivity index (χ1v) is 10.8. The lowest BCUT2D eigenvalue weighted by molar-refractivity contribution is 0.0927. The quantitative estimate of drug-likeness (QED) is 0.730. The number of rotatable bonds is 7. The molecule has 2 aliphatic heterocycles. The topological polar surface area (TPSA) is 52.7 Å². The molecule has 0 atom stereocenters. The molecule has 154 valence electrons. The van der Waals surface area contributed by atoms with Crippen LogP contribution >= 0.6 is 0 Å². The van der Waals surface area contributed by atoms with Crippen LogP contribution in [0.2, 0.25) is 0 Å². The maximum atomic E-state index is 12.6. The molecular weight excluding hydrogens is 350 g/mol. The Hall–Kier alpha value is -1.72. The van der Waals surface area contributed by atoms with Crippen molar-refractivity contribution in [3.05, 3.63) is 29.3 Å². The summed E-state index contributed by atoms with van der Waals surface area (Å²) in [5.74, 6) is 0.772. The van der Waals surface area contributed by atoms with E-state index < -0.39 is 0 Å². The van der Waals surface area contributed by atoms with Gasteiger partial charge in [0.15, 0.2) is 11.6 Å². The summed E-state index contributed by atoms with van der Waals surface area (Å²) in [6, 6.07) is 5.76. The highest BCUT2D eigenvalue weighted by atomic mass is 16.1. The third kappa shape index (κ3) is 5.21. The number of anilines is 1. The zero-order chi connectivity index (χ0) is 20.1. The molecule has 1 aromatic rings. The third-order valence-corrected chi connectivity index (χ3v) is 6.22. The summed E-state index contributed by atoms with van der Waals surface area (Å²) in [7, 11) is 0. The van der Waals surface area contributed by atoms with E-state index in [9.17, 15) is 9.59 Å². The van der Waals surface area contributed by atoms with Crippen LogP contribution in [-0.2, 0) is 0 Å². The number of carbonyl (C=O) groups is 2. The first kappa shape index (κ1) is 21.0. The minimum absolute atomic E-state index is 0.0433. The van der Waals surface area contributed by atoms with Crippen LogP contribution in [-0.4, -0.2) is 62.3 Å². The van der Waals surface area contributed by atoms with E-state index in [1.165, 1.54) is 45.8 Å². The van der Waals surface area contributed by atoms with E-state index in [0.717, 1.165) is 37.8 Å². The lowest BCUT2D eigenvalue weighted by atomic mass is 9.93. The number of nitrogens with one attached hydrogen (secondary N) is 1. The van der Waals surface area contributed by atoms with Crippen molar-refractivity contribution in [3.8, 4) is 0 Å². The SMILES string of the molecule is CC(=O)c1ccc(N2CCN(CCC3CCNCC3)CC2)cc1C(=O)C(C)C. The Balaban J connectivity index is 1.59. The van der Waals surface area contributed by atoms with E-state index in [4.69, 9.17) is 0 Å². The summed E-state index contributed by atoms with van der Waals surface area (Å²) < 4.78 is 0. The number of nitrogens with zero attached hydrogens (tertiary/aromatic N) is 2. The molecule has 0 spiro atoms. The molecule has 28 heavy (non-hydrogen) atoms. The Morgan fingerprint density at radius 2 is 1.75 bits per heavy atom. The van der Waals surface area contributed by atoms with Crippen LogP contribution in [0.4, 0.5) is 5.69 Å². The van der Waals surface area contributed by atoms with Gasteiger partial charge in [-0.1, -0.05) is 13.8 Å². The van der Waals surface area contributed by atoms with Gasteiger partial charge in [0.05, 0.1) is 0 Å². The van der Waals surface area contributed by atoms with Gasteiger partial charge in [0.25, 0.3) is 0 Å². The molecule has 3 rings (SSSR count). The Labute approximate surface area is 169 Å². The number of Topliss-reactive ketones (excluding diaryl/α,β-unsaturated/α-hetero) is 2. The van der Waals surface area contributed by atoms with Gasteiger partial charge in [0.2, 0.25) is 0 Å². The van der Waals surface area contributed by atoms with Crippen molar-refractivity contribution in [2.75, 3.05) is 50.7 Å². The van der Waals surface area contributed by atoms with Crippen LogP contribution in [0.15, 0.2) is 18.2 Å². The summed E-state index contributed by atoms with van der Waals surface area (Å²) in [6.45, 7) is 12.9. The maximum Gasteiger partial charge on any atom is 0.166 e. The lowest BCUT2D eigenvalue weighted by Gasteiger charge is -2.37. The van der Waals surface area contributed by atoms with E-state index in [-0.39, 0.29) is 17.5 Å². The predicted molar refractivity (Wildman–Crippen MR) is 114 cm³/mol. The van der Waals surface area contributed by atoms with Crippen LogP contribution in [0, 0.1) is 11.8 Å². The number of benzene rings is 1. The fraction of sp³-hybridized carbons (Fsp3) is 0.652. The molecular formula is C23H35N3O2. The molecule has 1 N–H and O–H groups in total. The molecule has 2 fully saturated rings. The van der Waals surface area contributed by atoms with Gasteiger partial charge >= 0.3 is 0 Å². The molecule has 0 bridgehead atoms. The second-order valence-electron chi connectivity index (χ2n) is 8.62. The van der Waals surface area contributed by atoms with Gasteiger partial charge in [-0.25, -0.2) is 0 Å². The summed E-state index contributed by atoms with van der Waals surface area (Å²) in [4.78, 5) is 29.5. The van der Waals surface area contributed by atoms with Crippen molar-refractivity contribution in [1.82, 2.24) is 10.2 Å². The van der Waals surface area contributed by atoms with Gasteiger partial charge in [0, 0.05) is 48.9 Å². The number of carbonyl (C=O) groups excluding carboxylic acids is 2. The summed E-state index contributed by atoms with van der Waals surface area (Å²) in [5, 5.41) is 3.44. The molecule has 2 heterocycles. The van der Waals surface area contributed by atoms with E-state index in [0.29, 0.717) is 11.1 Å². The summed E-state index contributed by atoms with van der Waals surface area (Å²) in [6.07, 6.45) is 3.94. The standard InChI is InChI=1S/C23H35N3O2/c1-17(2)23(28)22-16-20(4-5-21(22)18(3)27)26-14-12-25(13-15-26)11-8-19-6-9-24-10-7-19/h4-5,16-17,19,24H,6-15H2,1-3H3. The smallest absolute Gasteiger partial charge is 0.166 e. The van der Waals surface area contributed by atoms with Crippen molar-refractivity contribution >= 4 is 17.3 Å². The Bertz CT molecular complexity index is 687. The van der Waals surface area contributed by atoms with E-state index in [1.807, 2.05) is 32.0 Å². The minimum atomic E-state index is -0.111. The molecule has 1 aromatic carbocycles. The first-order chi connectivity index (χ1) is 13.5. The number of piperidine rings is 1. The monoisotopic (exact) mass is 385 g/mol. The fourth-order valence-corrected chi connectivity index (χ4v) is 4.32. The van der Waals surface area contributed by atoms with Gasteiger partial charge in [-0.3, -0.25) is 14.5 Å². The number of ketones is 2.